The van der Waals surface area contributed by atoms with Crippen LogP contribution in [0.1, 0.15) is 26.3 Å². The average Bonchev–Trinajstić information content (AvgIpc) is 2.51. The minimum Gasteiger partial charge on any atom is -0.495 e. The number of benzene rings is 1. The number of anilines is 1. The van der Waals surface area contributed by atoms with E-state index < -0.39 is 5.60 Å². The van der Waals surface area contributed by atoms with Crippen LogP contribution in [0.3, 0.4) is 0 Å². The van der Waals surface area contributed by atoms with E-state index in [-0.39, 0.29) is 6.10 Å². The van der Waals surface area contributed by atoms with Crippen LogP contribution >= 0.6 is 11.6 Å². The quantitative estimate of drug-likeness (QED) is 0.687. The van der Waals surface area contributed by atoms with Crippen molar-refractivity contribution >= 4 is 17.3 Å². The fraction of sp³-hybridized carbons (Fsp3) is 0.474. The maximum Gasteiger partial charge on any atom is 0.139 e. The number of methoxy groups -OCH3 is 2. The molecule has 0 aliphatic rings. The van der Waals surface area contributed by atoms with E-state index in [4.69, 9.17) is 21.1 Å². The third kappa shape index (κ3) is 5.86. The van der Waals surface area contributed by atoms with Crippen LogP contribution in [0.5, 0.6) is 5.75 Å². The molecule has 1 atom stereocenters. The molecule has 24 heavy (non-hydrogen) atoms. The van der Waals surface area contributed by atoms with Crippen LogP contribution in [0.4, 0.5) is 5.69 Å². The molecule has 0 fully saturated rings. The van der Waals surface area contributed by atoms with Crippen molar-refractivity contribution in [3.8, 4) is 5.75 Å². The molecule has 1 aromatic rings. The highest BCUT2D eigenvalue weighted by molar-refractivity contribution is 6.34. The summed E-state index contributed by atoms with van der Waals surface area (Å²) in [5, 5.41) is 13.6. The molecule has 0 radical (unpaired) electrons. The molecular weight excluding hydrogens is 326 g/mol. The minimum absolute atomic E-state index is 0.354. The van der Waals surface area contributed by atoms with Crippen LogP contribution in [-0.4, -0.2) is 38.1 Å². The molecule has 0 saturated carbocycles. The number of aliphatic hydroxyl groups is 1. The van der Waals surface area contributed by atoms with Gasteiger partial charge in [0, 0.05) is 14.2 Å². The zero-order chi connectivity index (χ0) is 18.3. The van der Waals surface area contributed by atoms with E-state index in [0.29, 0.717) is 10.8 Å². The Kier molecular flexibility index (Phi) is 7.80. The van der Waals surface area contributed by atoms with Gasteiger partial charge in [0.2, 0.25) is 0 Å². The summed E-state index contributed by atoms with van der Waals surface area (Å²) in [7, 11) is 5.03. The molecule has 1 rings (SSSR count). The molecule has 1 aromatic carbocycles. The summed E-state index contributed by atoms with van der Waals surface area (Å²) in [5.41, 5.74) is 2.20. The fourth-order valence-corrected chi connectivity index (χ4v) is 2.67. The predicted molar refractivity (Wildman–Crippen MR) is 101 cm³/mol. The van der Waals surface area contributed by atoms with Crippen molar-refractivity contribution in [3.63, 3.8) is 0 Å². The van der Waals surface area contributed by atoms with Crippen LogP contribution in [-0.2, 0) is 11.2 Å². The zero-order valence-electron chi connectivity index (χ0n) is 15.3. The van der Waals surface area contributed by atoms with Gasteiger partial charge in [-0.05, 0) is 44.9 Å². The van der Waals surface area contributed by atoms with Crippen molar-refractivity contribution in [1.29, 1.82) is 0 Å². The summed E-state index contributed by atoms with van der Waals surface area (Å²) >= 11 is 6.24. The van der Waals surface area contributed by atoms with Gasteiger partial charge in [-0.1, -0.05) is 35.4 Å². The Hall–Kier alpha value is -1.49. The maximum absolute atomic E-state index is 9.99. The molecule has 0 bridgehead atoms. The topological polar surface area (TPSA) is 50.7 Å². The SMILES string of the molecule is CNc1cc(C/C(C)=C/C=C/C(OC)C(C)(C)O)cc(OC)c1Cl. The molecule has 0 amide bonds. The van der Waals surface area contributed by atoms with Gasteiger partial charge in [0.1, 0.15) is 16.9 Å². The van der Waals surface area contributed by atoms with Crippen LogP contribution in [0.25, 0.3) is 0 Å². The molecule has 0 heterocycles. The maximum atomic E-state index is 9.99. The van der Waals surface area contributed by atoms with Gasteiger partial charge >= 0.3 is 0 Å². The van der Waals surface area contributed by atoms with E-state index in [2.05, 4.69) is 12.2 Å². The Labute approximate surface area is 150 Å². The van der Waals surface area contributed by atoms with Gasteiger partial charge in [-0.2, -0.15) is 0 Å². The largest absolute Gasteiger partial charge is 0.495 e. The second-order valence-corrected chi connectivity index (χ2v) is 6.67. The Morgan fingerprint density at radius 3 is 2.54 bits per heavy atom. The van der Waals surface area contributed by atoms with Gasteiger partial charge in [0.25, 0.3) is 0 Å². The van der Waals surface area contributed by atoms with Crippen molar-refractivity contribution in [2.24, 2.45) is 0 Å². The lowest BCUT2D eigenvalue weighted by molar-refractivity contribution is -0.0444. The first-order valence-corrected chi connectivity index (χ1v) is 8.24. The summed E-state index contributed by atoms with van der Waals surface area (Å²) in [6, 6.07) is 3.96. The van der Waals surface area contributed by atoms with Crippen LogP contribution in [0.15, 0.2) is 35.9 Å². The Morgan fingerprint density at radius 1 is 1.38 bits per heavy atom. The standard InChI is InChI=1S/C19H28ClNO3/c1-13(8-7-9-17(24-6)19(2,3)22)10-14-11-15(21-4)18(20)16(12-14)23-5/h7-9,11-12,17,21-22H,10H2,1-6H3/b9-7+,13-8+. The molecule has 134 valence electrons. The molecule has 0 aromatic heterocycles. The summed E-state index contributed by atoms with van der Waals surface area (Å²) in [5.74, 6) is 0.656. The number of rotatable bonds is 8. The zero-order valence-corrected chi connectivity index (χ0v) is 16.1. The summed E-state index contributed by atoms with van der Waals surface area (Å²) in [6.07, 6.45) is 6.19. The molecule has 0 aliphatic heterocycles. The highest BCUT2D eigenvalue weighted by Crippen LogP contribution is 2.34. The van der Waals surface area contributed by atoms with Crippen molar-refractivity contribution in [2.75, 3.05) is 26.6 Å². The predicted octanol–water partition coefficient (Wildman–Crippen LogP) is 4.22. The lowest BCUT2D eigenvalue weighted by atomic mass is 10.0. The summed E-state index contributed by atoms with van der Waals surface area (Å²) in [4.78, 5) is 0. The lowest BCUT2D eigenvalue weighted by Gasteiger charge is -2.24. The normalized spacial score (nSPS) is 14.1. The smallest absolute Gasteiger partial charge is 0.139 e. The van der Waals surface area contributed by atoms with Crippen molar-refractivity contribution in [1.82, 2.24) is 0 Å². The number of hydrogen-bond acceptors (Lipinski definition) is 4. The Morgan fingerprint density at radius 2 is 2.04 bits per heavy atom. The first-order valence-electron chi connectivity index (χ1n) is 7.86. The van der Waals surface area contributed by atoms with Crippen molar-refractivity contribution in [3.05, 3.63) is 46.5 Å². The van der Waals surface area contributed by atoms with Crippen LogP contribution < -0.4 is 10.1 Å². The summed E-state index contributed by atoms with van der Waals surface area (Å²) < 4.78 is 10.6. The highest BCUT2D eigenvalue weighted by atomic mass is 35.5. The molecule has 4 nitrogen and oxygen atoms in total. The molecule has 1 unspecified atom stereocenters. The molecule has 2 N–H and O–H groups in total. The van der Waals surface area contributed by atoms with E-state index in [1.54, 1.807) is 28.1 Å². The van der Waals surface area contributed by atoms with E-state index in [1.807, 2.05) is 37.4 Å². The third-order valence-corrected chi connectivity index (χ3v) is 4.08. The van der Waals surface area contributed by atoms with Crippen molar-refractivity contribution in [2.45, 2.75) is 38.9 Å². The molecule has 0 saturated heterocycles. The van der Waals surface area contributed by atoms with Gasteiger partial charge in [0.05, 0.1) is 18.4 Å². The van der Waals surface area contributed by atoms with Crippen LogP contribution in [0.2, 0.25) is 5.02 Å². The number of nitrogens with one attached hydrogen (secondary N) is 1. The molecular formula is C19H28ClNO3. The Bertz CT molecular complexity index is 578. The van der Waals surface area contributed by atoms with Gasteiger partial charge in [-0.15, -0.1) is 0 Å². The van der Waals surface area contributed by atoms with E-state index in [1.165, 1.54) is 5.57 Å². The number of allylic oxidation sites excluding steroid dienone is 3. The first kappa shape index (κ1) is 20.6. The summed E-state index contributed by atoms with van der Waals surface area (Å²) in [6.45, 7) is 5.50. The van der Waals surface area contributed by atoms with E-state index in [9.17, 15) is 5.11 Å². The van der Waals surface area contributed by atoms with Gasteiger partial charge in [-0.3, -0.25) is 0 Å². The number of hydrogen-bond donors (Lipinski definition) is 2. The van der Waals surface area contributed by atoms with Gasteiger partial charge in [0.15, 0.2) is 0 Å². The second kappa shape index (κ2) is 9.11. The number of halogens is 1. The van der Waals surface area contributed by atoms with Crippen LogP contribution in [0, 0.1) is 0 Å². The molecule has 0 spiro atoms. The highest BCUT2D eigenvalue weighted by Gasteiger charge is 2.23. The Balaban J connectivity index is 2.89. The fourth-order valence-electron chi connectivity index (χ4n) is 2.39. The molecule has 0 aliphatic carbocycles. The first-order chi connectivity index (χ1) is 11.2. The van der Waals surface area contributed by atoms with E-state index >= 15 is 0 Å². The lowest BCUT2D eigenvalue weighted by Crippen LogP contribution is -2.35. The van der Waals surface area contributed by atoms with Crippen molar-refractivity contribution < 1.29 is 14.6 Å². The average molecular weight is 354 g/mol. The van der Waals surface area contributed by atoms with Gasteiger partial charge < -0.3 is 19.9 Å². The van der Waals surface area contributed by atoms with E-state index in [0.717, 1.165) is 17.7 Å². The molecule has 5 heteroatoms. The minimum atomic E-state index is -0.918. The second-order valence-electron chi connectivity index (χ2n) is 6.29. The number of ether oxygens (including phenoxy) is 2. The van der Waals surface area contributed by atoms with Gasteiger partial charge in [-0.25, -0.2) is 0 Å². The monoisotopic (exact) mass is 353 g/mol. The third-order valence-electron chi connectivity index (χ3n) is 3.69.